The third-order valence-corrected chi connectivity index (χ3v) is 3.87. The maximum absolute atomic E-state index is 12.4. The lowest BCUT2D eigenvalue weighted by molar-refractivity contribution is -0.144. The lowest BCUT2D eigenvalue weighted by Crippen LogP contribution is -2.38. The van der Waals surface area contributed by atoms with Crippen LogP contribution in [0.2, 0.25) is 0 Å². The highest BCUT2D eigenvalue weighted by atomic mass is 32.1. The average molecular weight is 293 g/mol. The van der Waals surface area contributed by atoms with E-state index in [1.54, 1.807) is 13.0 Å². The van der Waals surface area contributed by atoms with E-state index < -0.39 is 12.7 Å². The van der Waals surface area contributed by atoms with Gasteiger partial charge in [-0.15, -0.1) is 11.3 Å². The van der Waals surface area contributed by atoms with Crippen LogP contribution in [0.3, 0.4) is 0 Å². The fourth-order valence-corrected chi connectivity index (χ4v) is 2.66. The van der Waals surface area contributed by atoms with E-state index in [9.17, 15) is 18.0 Å². The summed E-state index contributed by atoms with van der Waals surface area (Å²) in [7, 11) is 0. The second kappa shape index (κ2) is 7.05. The summed E-state index contributed by atoms with van der Waals surface area (Å²) < 4.78 is 37.2. The molecule has 1 aromatic heterocycles. The van der Waals surface area contributed by atoms with Crippen LogP contribution in [0.1, 0.15) is 34.8 Å². The predicted octanol–water partition coefficient (Wildman–Crippen LogP) is 3.77. The van der Waals surface area contributed by atoms with E-state index in [0.717, 1.165) is 16.2 Å². The number of alkyl halides is 3. The van der Waals surface area contributed by atoms with Gasteiger partial charge >= 0.3 is 6.18 Å². The minimum Gasteiger partial charge on any atom is -0.292 e. The minimum absolute atomic E-state index is 0.170. The Balaban J connectivity index is 2.65. The van der Waals surface area contributed by atoms with E-state index >= 15 is 0 Å². The molecular formula is C13H18F3NOS. The zero-order chi connectivity index (χ0) is 14.5. The Bertz CT molecular complexity index is 414. The zero-order valence-corrected chi connectivity index (χ0v) is 11.9. The molecule has 0 aliphatic rings. The molecule has 6 heteroatoms. The van der Waals surface area contributed by atoms with E-state index in [0.29, 0.717) is 11.3 Å². The Labute approximate surface area is 115 Å². The largest absolute Gasteiger partial charge is 0.401 e. The molecular weight excluding hydrogens is 275 g/mol. The molecule has 19 heavy (non-hydrogen) atoms. The quantitative estimate of drug-likeness (QED) is 0.713. The predicted molar refractivity (Wildman–Crippen MR) is 70.8 cm³/mol. The summed E-state index contributed by atoms with van der Waals surface area (Å²) >= 11 is 1.36. The normalized spacial score (nSPS) is 12.1. The van der Waals surface area contributed by atoms with Crippen molar-refractivity contribution >= 4 is 17.1 Å². The van der Waals surface area contributed by atoms with Gasteiger partial charge < -0.3 is 0 Å². The van der Waals surface area contributed by atoms with Crippen molar-refractivity contribution in [3.63, 3.8) is 0 Å². The number of nitrogens with zero attached hydrogens (tertiary/aromatic N) is 1. The van der Waals surface area contributed by atoms with Crippen molar-refractivity contribution in [3.8, 4) is 0 Å². The second-order valence-corrected chi connectivity index (χ2v) is 5.54. The Morgan fingerprint density at radius 3 is 2.47 bits per heavy atom. The van der Waals surface area contributed by atoms with Crippen molar-refractivity contribution in [2.24, 2.45) is 0 Å². The number of carbonyl (C=O) groups is 1. The van der Waals surface area contributed by atoms with Crippen LogP contribution in [0.5, 0.6) is 0 Å². The number of thiophene rings is 1. The molecule has 0 amide bonds. The molecule has 1 aromatic rings. The van der Waals surface area contributed by atoms with Gasteiger partial charge in [-0.1, -0.05) is 13.8 Å². The number of ketones is 1. The fraction of sp³-hybridized carbons (Fsp3) is 0.615. The third kappa shape index (κ3) is 5.74. The lowest BCUT2D eigenvalue weighted by Gasteiger charge is -2.21. The van der Waals surface area contributed by atoms with Crippen molar-refractivity contribution in [1.29, 1.82) is 0 Å². The summed E-state index contributed by atoms with van der Waals surface area (Å²) in [6, 6.07) is 3.55. The molecule has 0 unspecified atom stereocenters. The molecule has 2 nitrogen and oxygen atoms in total. The van der Waals surface area contributed by atoms with Gasteiger partial charge in [-0.2, -0.15) is 13.2 Å². The molecule has 0 atom stereocenters. The highest BCUT2D eigenvalue weighted by molar-refractivity contribution is 7.14. The number of hydrogen-bond donors (Lipinski definition) is 0. The van der Waals surface area contributed by atoms with Crippen LogP contribution < -0.4 is 0 Å². The number of hydrogen-bond acceptors (Lipinski definition) is 3. The monoisotopic (exact) mass is 293 g/mol. The SMILES string of the molecule is CCCN(CC(=O)c1ccc(CC)s1)CC(F)(F)F. The summed E-state index contributed by atoms with van der Waals surface area (Å²) in [5.41, 5.74) is 0. The standard InChI is InChI=1S/C13H18F3NOS/c1-3-7-17(9-13(14,15)16)8-11(18)12-6-5-10(4-2)19-12/h5-6H,3-4,7-9H2,1-2H3. The number of halogens is 3. The molecule has 0 aromatic carbocycles. The van der Waals surface area contributed by atoms with Gasteiger partial charge in [0.05, 0.1) is 18.0 Å². The first-order valence-electron chi connectivity index (χ1n) is 6.26. The molecule has 0 fully saturated rings. The van der Waals surface area contributed by atoms with Gasteiger partial charge in [-0.25, -0.2) is 0 Å². The maximum atomic E-state index is 12.4. The first-order valence-corrected chi connectivity index (χ1v) is 7.08. The Morgan fingerprint density at radius 1 is 1.32 bits per heavy atom. The van der Waals surface area contributed by atoms with Gasteiger partial charge in [-0.05, 0) is 31.5 Å². The number of rotatable bonds is 7. The van der Waals surface area contributed by atoms with E-state index in [2.05, 4.69) is 0 Å². The van der Waals surface area contributed by atoms with Crippen molar-refractivity contribution in [1.82, 2.24) is 4.90 Å². The first kappa shape index (κ1) is 16.2. The van der Waals surface area contributed by atoms with Crippen molar-refractivity contribution in [3.05, 3.63) is 21.9 Å². The fourth-order valence-electron chi connectivity index (χ4n) is 1.78. The van der Waals surface area contributed by atoms with Gasteiger partial charge in [0.2, 0.25) is 0 Å². The number of carbonyl (C=O) groups excluding carboxylic acids is 1. The first-order chi connectivity index (χ1) is 8.85. The summed E-state index contributed by atoms with van der Waals surface area (Å²) in [5, 5.41) is 0. The molecule has 1 heterocycles. The Morgan fingerprint density at radius 2 is 2.00 bits per heavy atom. The third-order valence-electron chi connectivity index (χ3n) is 2.59. The van der Waals surface area contributed by atoms with Gasteiger partial charge in [0.1, 0.15) is 0 Å². The van der Waals surface area contributed by atoms with Crippen LogP contribution in [-0.4, -0.2) is 36.5 Å². The summed E-state index contributed by atoms with van der Waals surface area (Å²) in [6.07, 6.45) is -2.84. The Kier molecular flexibility index (Phi) is 6.00. The van der Waals surface area contributed by atoms with E-state index in [1.165, 1.54) is 11.3 Å². The van der Waals surface area contributed by atoms with Gasteiger partial charge in [0, 0.05) is 4.88 Å². The smallest absolute Gasteiger partial charge is 0.292 e. The maximum Gasteiger partial charge on any atom is 0.401 e. The summed E-state index contributed by atoms with van der Waals surface area (Å²) in [5.74, 6) is -0.234. The van der Waals surface area contributed by atoms with Crippen molar-refractivity contribution in [2.45, 2.75) is 32.9 Å². The van der Waals surface area contributed by atoms with Crippen LogP contribution in [0.15, 0.2) is 12.1 Å². The molecule has 0 aliphatic heterocycles. The summed E-state index contributed by atoms with van der Waals surface area (Å²) in [6.45, 7) is 2.86. The van der Waals surface area contributed by atoms with Crippen molar-refractivity contribution in [2.75, 3.05) is 19.6 Å². The topological polar surface area (TPSA) is 20.3 Å². The van der Waals surface area contributed by atoms with Gasteiger partial charge in [0.15, 0.2) is 5.78 Å². The zero-order valence-electron chi connectivity index (χ0n) is 11.1. The second-order valence-electron chi connectivity index (χ2n) is 4.37. The van der Waals surface area contributed by atoms with Crippen LogP contribution in [-0.2, 0) is 6.42 Å². The van der Waals surface area contributed by atoms with Crippen LogP contribution >= 0.6 is 11.3 Å². The summed E-state index contributed by atoms with van der Waals surface area (Å²) in [4.78, 5) is 14.7. The Hall–Kier alpha value is -0.880. The molecule has 0 radical (unpaired) electrons. The molecule has 108 valence electrons. The van der Waals surface area contributed by atoms with Gasteiger partial charge in [0.25, 0.3) is 0 Å². The molecule has 0 saturated heterocycles. The molecule has 0 aliphatic carbocycles. The van der Waals surface area contributed by atoms with Crippen LogP contribution in [0, 0.1) is 0 Å². The van der Waals surface area contributed by atoms with Gasteiger partial charge in [-0.3, -0.25) is 9.69 Å². The molecule has 0 N–H and O–H groups in total. The highest BCUT2D eigenvalue weighted by Crippen LogP contribution is 2.20. The number of Topliss-reactive ketones (excluding diaryl/α,β-unsaturated/α-hetero) is 1. The van der Waals surface area contributed by atoms with E-state index in [-0.39, 0.29) is 18.9 Å². The molecule has 0 bridgehead atoms. The number of aryl methyl sites for hydroxylation is 1. The lowest BCUT2D eigenvalue weighted by atomic mass is 10.2. The average Bonchev–Trinajstić information content (AvgIpc) is 2.75. The van der Waals surface area contributed by atoms with Crippen LogP contribution in [0.25, 0.3) is 0 Å². The van der Waals surface area contributed by atoms with Crippen molar-refractivity contribution < 1.29 is 18.0 Å². The molecule has 0 spiro atoms. The van der Waals surface area contributed by atoms with E-state index in [1.807, 2.05) is 13.0 Å². The molecule has 0 saturated carbocycles. The minimum atomic E-state index is -4.26. The van der Waals surface area contributed by atoms with Crippen LogP contribution in [0.4, 0.5) is 13.2 Å². The highest BCUT2D eigenvalue weighted by Gasteiger charge is 2.31. The molecule has 1 rings (SSSR count). The van der Waals surface area contributed by atoms with E-state index in [4.69, 9.17) is 0 Å².